The Kier molecular flexibility index (Phi) is 13.0. The van der Waals surface area contributed by atoms with Gasteiger partial charge in [0.15, 0.2) is 0 Å². The molecule has 0 amide bonds. The molecule has 0 aliphatic heterocycles. The van der Waals surface area contributed by atoms with E-state index in [0.717, 1.165) is 12.8 Å². The van der Waals surface area contributed by atoms with Crippen molar-refractivity contribution in [3.8, 4) is 0 Å². The second-order valence-corrected chi connectivity index (χ2v) is 11.0. The zero-order chi connectivity index (χ0) is 15.3. The summed E-state index contributed by atoms with van der Waals surface area (Å²) in [6.07, 6.45) is 7.82. The van der Waals surface area contributed by atoms with Gasteiger partial charge in [-0.05, 0) is 33.6 Å². The molecule has 20 heavy (non-hydrogen) atoms. The van der Waals surface area contributed by atoms with E-state index in [-0.39, 0.29) is 0 Å². The topological polar surface area (TPSA) is 44.8 Å². The molecule has 120 valence electrons. The largest absolute Gasteiger partial charge is 0.804 e. The smallest absolute Gasteiger partial charge is 0.335 e. The zero-order valence-electron chi connectivity index (χ0n) is 13.7. The predicted octanol–water partition coefficient (Wildman–Crippen LogP) is 4.72. The van der Waals surface area contributed by atoms with E-state index < -0.39 is 15.8 Å². The van der Waals surface area contributed by atoms with Crippen LogP contribution in [0.15, 0.2) is 0 Å². The highest BCUT2D eigenvalue weighted by Gasteiger charge is 2.64. The van der Waals surface area contributed by atoms with Gasteiger partial charge in [-0.25, -0.2) is 0 Å². The maximum absolute atomic E-state index is 12.6. The van der Waals surface area contributed by atoms with E-state index in [1.807, 2.05) is 20.8 Å². The molecule has 0 aromatic rings. The third-order valence-electron chi connectivity index (χ3n) is 3.00. The minimum Gasteiger partial charge on any atom is -0.335 e. The number of hydrogen-bond donors (Lipinski definition) is 0. The highest BCUT2D eigenvalue weighted by atomic mass is 31.4. The van der Waals surface area contributed by atoms with E-state index in [0.29, 0.717) is 26.0 Å². The van der Waals surface area contributed by atoms with Crippen LogP contribution in [0.3, 0.4) is 0 Å². The maximum Gasteiger partial charge on any atom is 0.804 e. The van der Waals surface area contributed by atoms with Crippen molar-refractivity contribution >= 4 is 15.8 Å². The molecule has 0 heterocycles. The van der Waals surface area contributed by atoms with Gasteiger partial charge in [0.2, 0.25) is 0 Å². The molecule has 0 bridgehead atoms. The van der Waals surface area contributed by atoms with Gasteiger partial charge in [-0.1, -0.05) is 37.2 Å². The summed E-state index contributed by atoms with van der Waals surface area (Å²) in [5.74, 6) is 0. The lowest BCUT2D eigenvalue weighted by molar-refractivity contribution is 0.0936. The molecule has 0 aromatic carbocycles. The highest BCUT2D eigenvalue weighted by molar-refractivity contribution is 7.82. The van der Waals surface area contributed by atoms with Crippen LogP contribution in [-0.4, -0.2) is 34.5 Å². The van der Waals surface area contributed by atoms with E-state index in [4.69, 9.17) is 13.3 Å². The van der Waals surface area contributed by atoms with Crippen LogP contribution < -0.4 is 0 Å². The Hall–Kier alpha value is 0.197. The molecule has 0 saturated heterocycles. The maximum atomic E-state index is 12.6. The molecule has 0 aromatic heterocycles. The molecule has 1 unspecified atom stereocenters. The summed E-state index contributed by atoms with van der Waals surface area (Å²) in [5.41, 5.74) is 0. The van der Waals surface area contributed by atoms with Gasteiger partial charge in [0.25, 0.3) is 0 Å². The van der Waals surface area contributed by atoms with E-state index in [2.05, 4.69) is 6.92 Å². The second-order valence-electron chi connectivity index (χ2n) is 4.69. The first kappa shape index (κ1) is 20.2. The van der Waals surface area contributed by atoms with Crippen LogP contribution in [0.4, 0.5) is 0 Å². The molecule has 0 radical (unpaired) electrons. The van der Waals surface area contributed by atoms with Gasteiger partial charge in [-0.2, -0.15) is 0 Å². The quantitative estimate of drug-likeness (QED) is 0.264. The molecule has 0 rings (SSSR count). The Morgan fingerprint density at radius 1 is 0.750 bits per heavy atom. The summed E-state index contributed by atoms with van der Waals surface area (Å²) < 4.78 is 29.6. The Balaban J connectivity index is 4.25. The monoisotopic (exact) mass is 323 g/mol. The average molecular weight is 323 g/mol. The fraction of sp³-hybridized carbons (Fsp3) is 1.00. The lowest BCUT2D eigenvalue weighted by Crippen LogP contribution is -2.43. The molecule has 4 nitrogen and oxygen atoms in total. The SMILES string of the molecule is CCCCCCCC[P+](=O)[Si](OCC)(OCC)OCC. The third-order valence-corrected chi connectivity index (χ3v) is 9.96. The molecular formula is C14H32O4PSi+. The first-order valence-corrected chi connectivity index (χ1v) is 12.0. The predicted molar refractivity (Wildman–Crippen MR) is 86.5 cm³/mol. The van der Waals surface area contributed by atoms with E-state index in [1.165, 1.54) is 25.7 Å². The minimum atomic E-state index is -2.97. The molecule has 0 N–H and O–H groups in total. The van der Waals surface area contributed by atoms with Gasteiger partial charge in [-0.15, -0.1) is 0 Å². The molecular weight excluding hydrogens is 291 g/mol. The lowest BCUT2D eigenvalue weighted by atomic mass is 10.1. The Bertz CT molecular complexity index is 234. The molecule has 0 aliphatic rings. The molecule has 0 fully saturated rings. The summed E-state index contributed by atoms with van der Waals surface area (Å²) in [6, 6.07) is 0. The van der Waals surface area contributed by atoms with Crippen LogP contribution >= 0.6 is 7.35 Å². The summed E-state index contributed by atoms with van der Waals surface area (Å²) in [7, 11) is -4.51. The fourth-order valence-corrected chi connectivity index (χ4v) is 8.38. The van der Waals surface area contributed by atoms with Crippen LogP contribution in [-0.2, 0) is 17.8 Å². The van der Waals surface area contributed by atoms with Crippen molar-refractivity contribution in [1.29, 1.82) is 0 Å². The van der Waals surface area contributed by atoms with Gasteiger partial charge in [0.05, 0.1) is 0 Å². The summed E-state index contributed by atoms with van der Waals surface area (Å²) in [6.45, 7) is 9.37. The zero-order valence-corrected chi connectivity index (χ0v) is 15.5. The van der Waals surface area contributed by atoms with Crippen molar-refractivity contribution < 1.29 is 17.8 Å². The van der Waals surface area contributed by atoms with Crippen LogP contribution in [0.1, 0.15) is 66.2 Å². The highest BCUT2D eigenvalue weighted by Crippen LogP contribution is 2.38. The minimum absolute atomic E-state index is 0.490. The van der Waals surface area contributed by atoms with Gasteiger partial charge in [-0.3, -0.25) is 0 Å². The van der Waals surface area contributed by atoms with Crippen LogP contribution in [0.25, 0.3) is 0 Å². The first-order valence-electron chi connectivity index (χ1n) is 8.03. The molecule has 6 heteroatoms. The Morgan fingerprint density at radius 3 is 1.65 bits per heavy atom. The van der Waals surface area contributed by atoms with Crippen LogP contribution in [0.2, 0.25) is 0 Å². The van der Waals surface area contributed by atoms with Crippen molar-refractivity contribution in [1.82, 2.24) is 0 Å². The first-order chi connectivity index (χ1) is 9.66. The van der Waals surface area contributed by atoms with Gasteiger partial charge in [0, 0.05) is 19.8 Å². The average Bonchev–Trinajstić information content (AvgIpc) is 2.43. The van der Waals surface area contributed by atoms with Crippen LogP contribution in [0.5, 0.6) is 0 Å². The molecule has 1 atom stereocenters. The Morgan fingerprint density at radius 2 is 1.20 bits per heavy atom. The summed E-state index contributed by atoms with van der Waals surface area (Å²) in [5, 5.41) is 0. The normalized spacial score (nSPS) is 12.7. The fourth-order valence-electron chi connectivity index (χ4n) is 2.06. The van der Waals surface area contributed by atoms with Crippen molar-refractivity contribution in [3.05, 3.63) is 0 Å². The van der Waals surface area contributed by atoms with E-state index >= 15 is 0 Å². The number of rotatable bonds is 14. The summed E-state index contributed by atoms with van der Waals surface area (Å²) in [4.78, 5) is 0. The number of unbranched alkanes of at least 4 members (excludes halogenated alkanes) is 5. The standard InChI is InChI=1S/C14H32O4PSi/c1-5-9-10-11-12-13-14-19(15)20(16-6-2,17-7-3)18-8-4/h5-14H2,1-4H3/q+1. The summed E-state index contributed by atoms with van der Waals surface area (Å²) >= 11 is 0. The number of hydrogen-bond acceptors (Lipinski definition) is 4. The van der Waals surface area contributed by atoms with Gasteiger partial charge >= 0.3 is 15.8 Å². The van der Waals surface area contributed by atoms with E-state index in [1.54, 1.807) is 0 Å². The lowest BCUT2D eigenvalue weighted by Gasteiger charge is -2.17. The second kappa shape index (κ2) is 12.9. The van der Waals surface area contributed by atoms with Crippen molar-refractivity contribution in [3.63, 3.8) is 0 Å². The van der Waals surface area contributed by atoms with Crippen molar-refractivity contribution in [2.24, 2.45) is 0 Å². The van der Waals surface area contributed by atoms with Crippen molar-refractivity contribution in [2.75, 3.05) is 26.0 Å². The van der Waals surface area contributed by atoms with Crippen LogP contribution in [0, 0.1) is 0 Å². The Labute approximate surface area is 126 Å². The van der Waals surface area contributed by atoms with Crippen molar-refractivity contribution in [2.45, 2.75) is 66.2 Å². The van der Waals surface area contributed by atoms with E-state index in [9.17, 15) is 4.57 Å². The van der Waals surface area contributed by atoms with Gasteiger partial charge < -0.3 is 13.3 Å². The molecule has 0 aliphatic carbocycles. The molecule has 0 spiro atoms. The van der Waals surface area contributed by atoms with Gasteiger partial charge in [0.1, 0.15) is 6.16 Å². The molecule has 0 saturated carbocycles. The third kappa shape index (κ3) is 7.84.